The first-order valence-electron chi connectivity index (χ1n) is 7.93. The molecule has 24 heavy (non-hydrogen) atoms. The van der Waals surface area contributed by atoms with Gasteiger partial charge in [-0.15, -0.1) is 0 Å². The van der Waals surface area contributed by atoms with Crippen LogP contribution < -0.4 is 15.4 Å². The van der Waals surface area contributed by atoms with Crippen molar-refractivity contribution in [3.63, 3.8) is 0 Å². The molecular formula is C16H29N3O4S+2. The van der Waals surface area contributed by atoms with E-state index in [0.29, 0.717) is 17.7 Å². The van der Waals surface area contributed by atoms with Crippen LogP contribution in [0.1, 0.15) is 16.7 Å². The lowest BCUT2D eigenvalue weighted by atomic mass is 10.1. The van der Waals surface area contributed by atoms with Crippen LogP contribution in [-0.4, -0.2) is 54.2 Å². The number of likely N-dealkylation sites (N-methyl/N-ethyl adjacent to an activating group) is 1. The summed E-state index contributed by atoms with van der Waals surface area (Å²) in [5, 5.41) is 0. The van der Waals surface area contributed by atoms with Crippen LogP contribution in [0.15, 0.2) is 17.0 Å². The molecule has 0 amide bonds. The maximum atomic E-state index is 12.7. The third kappa shape index (κ3) is 5.55. The van der Waals surface area contributed by atoms with Crippen LogP contribution in [0.4, 0.5) is 0 Å². The Morgan fingerprint density at radius 1 is 1.25 bits per heavy atom. The molecule has 1 aromatic carbocycles. The average Bonchev–Trinajstić information content (AvgIpc) is 2.42. The monoisotopic (exact) mass is 359 g/mol. The van der Waals surface area contributed by atoms with E-state index in [1.807, 2.05) is 21.0 Å². The van der Waals surface area contributed by atoms with Crippen LogP contribution in [0.3, 0.4) is 0 Å². The summed E-state index contributed by atoms with van der Waals surface area (Å²) in [5.41, 5.74) is 5.93. The fraction of sp³-hybridized carbons (Fsp3) is 0.562. The molecule has 0 radical (unpaired) electrons. The number of hydrogen-bond acceptors (Lipinski definition) is 4. The minimum absolute atomic E-state index is 0.0802. The van der Waals surface area contributed by atoms with E-state index in [1.54, 1.807) is 26.0 Å². The Kier molecular flexibility index (Phi) is 7.34. The van der Waals surface area contributed by atoms with Gasteiger partial charge in [0.15, 0.2) is 6.04 Å². The van der Waals surface area contributed by atoms with Crippen LogP contribution in [0.5, 0.6) is 0 Å². The zero-order chi connectivity index (χ0) is 18.5. The van der Waals surface area contributed by atoms with Gasteiger partial charge in [0.1, 0.15) is 19.7 Å². The van der Waals surface area contributed by atoms with Crippen molar-refractivity contribution in [3.05, 3.63) is 28.8 Å². The SMILES string of the molecule is Cc1cc(C)c(S(=O)(=O)NC(C[NH3+])C(=O)OCC[NH+](C)C)c(C)c1. The van der Waals surface area contributed by atoms with Gasteiger partial charge in [0.05, 0.1) is 19.0 Å². The lowest BCUT2D eigenvalue weighted by Crippen LogP contribution is -3.06. The smallest absolute Gasteiger partial charge is 0.330 e. The van der Waals surface area contributed by atoms with Gasteiger partial charge in [0, 0.05) is 0 Å². The molecule has 0 heterocycles. The van der Waals surface area contributed by atoms with Gasteiger partial charge in [-0.25, -0.2) is 8.42 Å². The van der Waals surface area contributed by atoms with Crippen molar-refractivity contribution in [2.75, 3.05) is 33.8 Å². The van der Waals surface area contributed by atoms with Gasteiger partial charge in [-0.3, -0.25) is 4.79 Å². The number of carbonyl (C=O) groups excluding carboxylic acids is 1. The van der Waals surface area contributed by atoms with E-state index in [1.165, 1.54) is 0 Å². The van der Waals surface area contributed by atoms with Gasteiger partial charge in [0.25, 0.3) is 0 Å². The number of quaternary nitrogens is 2. The van der Waals surface area contributed by atoms with Gasteiger partial charge in [-0.2, -0.15) is 4.72 Å². The highest BCUT2D eigenvalue weighted by atomic mass is 32.2. The van der Waals surface area contributed by atoms with Gasteiger partial charge >= 0.3 is 5.97 Å². The molecule has 0 aliphatic carbocycles. The Morgan fingerprint density at radius 3 is 2.25 bits per heavy atom. The second-order valence-electron chi connectivity index (χ2n) is 6.31. The van der Waals surface area contributed by atoms with Crippen molar-refractivity contribution in [2.24, 2.45) is 0 Å². The number of nitrogens with one attached hydrogen (secondary N) is 2. The molecule has 0 aliphatic heterocycles. The van der Waals surface area contributed by atoms with Gasteiger partial charge < -0.3 is 15.4 Å². The molecule has 1 unspecified atom stereocenters. The number of aryl methyl sites for hydroxylation is 3. The molecule has 0 saturated heterocycles. The standard InChI is InChI=1S/C16H27N3O4S/c1-11-8-12(2)15(13(3)9-11)24(21,22)18-14(10-17)16(20)23-7-6-19(4)5/h8-9,14,18H,6-7,10,17H2,1-5H3/p+2. The highest BCUT2D eigenvalue weighted by Crippen LogP contribution is 2.21. The average molecular weight is 359 g/mol. The maximum Gasteiger partial charge on any atom is 0.330 e. The van der Waals surface area contributed by atoms with Crippen LogP contribution in [0.2, 0.25) is 0 Å². The van der Waals surface area contributed by atoms with E-state index < -0.39 is 22.0 Å². The van der Waals surface area contributed by atoms with Crippen molar-refractivity contribution in [1.29, 1.82) is 0 Å². The number of benzene rings is 1. The molecule has 0 spiro atoms. The van der Waals surface area contributed by atoms with Crippen molar-refractivity contribution in [2.45, 2.75) is 31.7 Å². The summed E-state index contributed by atoms with van der Waals surface area (Å²) in [7, 11) is 0.0535. The van der Waals surface area contributed by atoms with E-state index in [0.717, 1.165) is 10.5 Å². The molecule has 0 aliphatic rings. The fourth-order valence-electron chi connectivity index (χ4n) is 2.52. The molecule has 1 aromatic rings. The number of ether oxygens (including phenoxy) is 1. The molecular weight excluding hydrogens is 330 g/mol. The van der Waals surface area contributed by atoms with E-state index in [4.69, 9.17) is 4.74 Å². The van der Waals surface area contributed by atoms with Crippen molar-refractivity contribution in [1.82, 2.24) is 4.72 Å². The summed E-state index contributed by atoms with van der Waals surface area (Å²) in [6, 6.07) is 2.62. The summed E-state index contributed by atoms with van der Waals surface area (Å²) in [5.74, 6) is -0.600. The molecule has 5 N–H and O–H groups in total. The summed E-state index contributed by atoms with van der Waals surface area (Å²) >= 11 is 0. The second kappa shape index (κ2) is 8.57. The first-order valence-corrected chi connectivity index (χ1v) is 9.42. The molecule has 136 valence electrons. The molecule has 1 atom stereocenters. The molecule has 0 bridgehead atoms. The predicted octanol–water partition coefficient (Wildman–Crippen LogP) is -1.81. The number of hydrogen-bond donors (Lipinski definition) is 3. The van der Waals surface area contributed by atoms with Gasteiger partial charge in [-0.1, -0.05) is 17.7 Å². The zero-order valence-electron chi connectivity index (χ0n) is 15.1. The zero-order valence-corrected chi connectivity index (χ0v) is 15.9. The Labute approximate surface area is 144 Å². The quantitative estimate of drug-likeness (QED) is 0.476. The van der Waals surface area contributed by atoms with E-state index in [-0.39, 0.29) is 18.0 Å². The predicted molar refractivity (Wildman–Crippen MR) is 91.2 cm³/mol. The Morgan fingerprint density at radius 2 is 1.79 bits per heavy atom. The third-order valence-electron chi connectivity index (χ3n) is 3.59. The summed E-state index contributed by atoms with van der Waals surface area (Å²) in [4.78, 5) is 13.4. The topological polar surface area (TPSA) is 105 Å². The Hall–Kier alpha value is -1.48. The molecule has 8 heteroatoms. The lowest BCUT2D eigenvalue weighted by Gasteiger charge is -2.17. The lowest BCUT2D eigenvalue weighted by molar-refractivity contribution is -0.858. The van der Waals surface area contributed by atoms with Crippen molar-refractivity contribution in [3.8, 4) is 0 Å². The van der Waals surface area contributed by atoms with E-state index >= 15 is 0 Å². The highest BCUT2D eigenvalue weighted by Gasteiger charge is 2.29. The summed E-state index contributed by atoms with van der Waals surface area (Å²) in [6.07, 6.45) is 0. The van der Waals surface area contributed by atoms with Crippen molar-refractivity contribution < 1.29 is 28.6 Å². The fourth-order valence-corrected chi connectivity index (χ4v) is 4.19. The van der Waals surface area contributed by atoms with Gasteiger partial charge in [-0.05, 0) is 31.9 Å². The second-order valence-corrected chi connectivity index (χ2v) is 7.97. The Bertz CT molecular complexity index is 664. The maximum absolute atomic E-state index is 12.7. The van der Waals surface area contributed by atoms with Crippen LogP contribution in [0, 0.1) is 20.8 Å². The summed E-state index contributed by atoms with van der Waals surface area (Å²) < 4.78 is 32.9. The number of sulfonamides is 1. The number of esters is 1. The number of rotatable bonds is 8. The highest BCUT2D eigenvalue weighted by molar-refractivity contribution is 7.89. The first kappa shape index (κ1) is 20.6. The van der Waals surface area contributed by atoms with Gasteiger partial charge in [0.2, 0.25) is 10.0 Å². The van der Waals surface area contributed by atoms with Crippen molar-refractivity contribution >= 4 is 16.0 Å². The minimum Gasteiger partial charge on any atom is -0.458 e. The minimum atomic E-state index is -3.83. The van der Waals surface area contributed by atoms with Crippen LogP contribution in [-0.2, 0) is 19.6 Å². The molecule has 0 fully saturated rings. The van der Waals surface area contributed by atoms with E-state index in [2.05, 4.69) is 10.5 Å². The Balaban J connectivity index is 2.93. The molecule has 1 rings (SSSR count). The number of carbonyl (C=O) groups is 1. The van der Waals surface area contributed by atoms with E-state index in [9.17, 15) is 13.2 Å². The van der Waals surface area contributed by atoms with Crippen LogP contribution >= 0.6 is 0 Å². The third-order valence-corrected chi connectivity index (χ3v) is 5.37. The molecule has 0 aromatic heterocycles. The molecule has 7 nitrogen and oxygen atoms in total. The normalized spacial score (nSPS) is 13.1. The first-order chi connectivity index (χ1) is 11.1. The largest absolute Gasteiger partial charge is 0.458 e. The van der Waals surface area contributed by atoms with Crippen LogP contribution in [0.25, 0.3) is 0 Å². The summed E-state index contributed by atoms with van der Waals surface area (Å²) in [6.45, 7) is 6.36. The molecule has 0 saturated carbocycles.